The minimum atomic E-state index is -0.390. The van der Waals surface area contributed by atoms with Crippen molar-refractivity contribution in [2.75, 3.05) is 7.11 Å². The Bertz CT molecular complexity index is 363. The Morgan fingerprint density at radius 1 is 1.33 bits per heavy atom. The molecule has 3 unspecified atom stereocenters. The number of ether oxygens (including phenoxy) is 1. The minimum Gasteiger partial charge on any atom is -0.497 e. The Morgan fingerprint density at radius 3 is 2.67 bits per heavy atom. The van der Waals surface area contributed by atoms with E-state index in [1.54, 1.807) is 7.11 Å². The second-order valence-corrected chi connectivity index (χ2v) is 5.22. The van der Waals surface area contributed by atoms with Gasteiger partial charge in [0.2, 0.25) is 0 Å². The first-order valence-corrected chi connectivity index (χ1v) is 6.77. The van der Waals surface area contributed by atoms with E-state index >= 15 is 0 Å². The average molecular weight is 249 g/mol. The van der Waals surface area contributed by atoms with E-state index < -0.39 is 6.10 Å². The van der Waals surface area contributed by atoms with Gasteiger partial charge in [-0.25, -0.2) is 0 Å². The highest BCUT2D eigenvalue weighted by molar-refractivity contribution is 5.28. The molecule has 0 aromatic heterocycles. The van der Waals surface area contributed by atoms with Crippen LogP contribution in [0.4, 0.5) is 0 Å². The fourth-order valence-corrected chi connectivity index (χ4v) is 2.66. The number of aliphatic hydroxyl groups is 1. The van der Waals surface area contributed by atoms with Crippen LogP contribution in [0.25, 0.3) is 0 Å². The molecule has 3 atom stereocenters. The standard InChI is InChI=1S/C15H23NO2/c1-11-4-3-5-13(16-11)10-15(17)12-6-8-14(18-2)9-7-12/h6-9,11,13,15-17H,3-5,10H2,1-2H3. The van der Waals surface area contributed by atoms with Crippen LogP contribution in [0, 0.1) is 0 Å². The lowest BCUT2D eigenvalue weighted by Crippen LogP contribution is -2.41. The molecule has 18 heavy (non-hydrogen) atoms. The predicted octanol–water partition coefficient (Wildman–Crippen LogP) is 2.65. The van der Waals surface area contributed by atoms with Crippen molar-refractivity contribution in [2.24, 2.45) is 0 Å². The molecule has 3 nitrogen and oxygen atoms in total. The molecule has 0 aliphatic carbocycles. The molecule has 0 spiro atoms. The number of rotatable bonds is 4. The first-order valence-electron chi connectivity index (χ1n) is 6.77. The summed E-state index contributed by atoms with van der Waals surface area (Å²) in [6.07, 6.45) is 4.07. The lowest BCUT2D eigenvalue weighted by Gasteiger charge is -2.30. The van der Waals surface area contributed by atoms with Gasteiger partial charge in [-0.05, 0) is 43.9 Å². The van der Waals surface area contributed by atoms with Gasteiger partial charge in [0.1, 0.15) is 5.75 Å². The Kier molecular flexibility index (Phi) is 4.61. The van der Waals surface area contributed by atoms with Crippen LogP contribution in [0.1, 0.15) is 44.3 Å². The maximum absolute atomic E-state index is 10.2. The van der Waals surface area contributed by atoms with Crippen molar-refractivity contribution < 1.29 is 9.84 Å². The van der Waals surface area contributed by atoms with E-state index in [0.717, 1.165) is 24.2 Å². The highest BCUT2D eigenvalue weighted by Gasteiger charge is 2.21. The quantitative estimate of drug-likeness (QED) is 0.862. The summed E-state index contributed by atoms with van der Waals surface area (Å²) in [6.45, 7) is 2.21. The lowest BCUT2D eigenvalue weighted by atomic mass is 9.93. The minimum absolute atomic E-state index is 0.390. The third-order valence-corrected chi connectivity index (χ3v) is 3.72. The van der Waals surface area contributed by atoms with Crippen molar-refractivity contribution in [3.8, 4) is 5.75 Å². The normalized spacial score (nSPS) is 25.7. The molecular formula is C15H23NO2. The molecular weight excluding hydrogens is 226 g/mol. The number of benzene rings is 1. The van der Waals surface area contributed by atoms with Crippen molar-refractivity contribution in [3.63, 3.8) is 0 Å². The topological polar surface area (TPSA) is 41.5 Å². The zero-order chi connectivity index (χ0) is 13.0. The van der Waals surface area contributed by atoms with Crippen LogP contribution in [0.15, 0.2) is 24.3 Å². The Balaban J connectivity index is 1.91. The van der Waals surface area contributed by atoms with Crippen LogP contribution in [-0.2, 0) is 0 Å². The summed E-state index contributed by atoms with van der Waals surface area (Å²) >= 11 is 0. The van der Waals surface area contributed by atoms with Gasteiger partial charge >= 0.3 is 0 Å². The van der Waals surface area contributed by atoms with Gasteiger partial charge < -0.3 is 15.2 Å². The van der Waals surface area contributed by atoms with Gasteiger partial charge in [-0.3, -0.25) is 0 Å². The third kappa shape index (κ3) is 3.47. The average Bonchev–Trinajstić information content (AvgIpc) is 2.39. The van der Waals surface area contributed by atoms with Crippen LogP contribution in [0.2, 0.25) is 0 Å². The van der Waals surface area contributed by atoms with Gasteiger partial charge in [-0.1, -0.05) is 18.6 Å². The Morgan fingerprint density at radius 2 is 2.06 bits per heavy atom. The van der Waals surface area contributed by atoms with Crippen molar-refractivity contribution in [1.29, 1.82) is 0 Å². The van der Waals surface area contributed by atoms with Crippen LogP contribution in [0.3, 0.4) is 0 Å². The maximum atomic E-state index is 10.2. The second-order valence-electron chi connectivity index (χ2n) is 5.22. The van der Waals surface area contributed by atoms with Gasteiger partial charge in [0.25, 0.3) is 0 Å². The number of hydrogen-bond donors (Lipinski definition) is 2. The number of piperidine rings is 1. The van der Waals surface area contributed by atoms with E-state index in [-0.39, 0.29) is 0 Å². The zero-order valence-electron chi connectivity index (χ0n) is 11.2. The van der Waals surface area contributed by atoms with E-state index in [1.807, 2.05) is 24.3 Å². The Hall–Kier alpha value is -1.06. The number of hydrogen-bond acceptors (Lipinski definition) is 3. The molecule has 2 N–H and O–H groups in total. The molecule has 1 aliphatic rings. The van der Waals surface area contributed by atoms with E-state index in [0.29, 0.717) is 12.1 Å². The summed E-state index contributed by atoms with van der Waals surface area (Å²) in [5, 5.41) is 13.8. The molecule has 1 aromatic rings. The molecule has 0 bridgehead atoms. The van der Waals surface area contributed by atoms with Crippen molar-refractivity contribution in [3.05, 3.63) is 29.8 Å². The van der Waals surface area contributed by atoms with Gasteiger partial charge in [-0.15, -0.1) is 0 Å². The molecule has 1 heterocycles. The van der Waals surface area contributed by atoms with Crippen molar-refractivity contribution in [2.45, 2.75) is 50.8 Å². The second kappa shape index (κ2) is 6.21. The highest BCUT2D eigenvalue weighted by atomic mass is 16.5. The molecule has 1 aromatic carbocycles. The molecule has 1 aliphatic heterocycles. The van der Waals surface area contributed by atoms with Gasteiger partial charge in [0.05, 0.1) is 13.2 Å². The largest absolute Gasteiger partial charge is 0.497 e. The van der Waals surface area contributed by atoms with Crippen LogP contribution >= 0.6 is 0 Å². The summed E-state index contributed by atoms with van der Waals surface area (Å²) in [6, 6.07) is 8.69. The molecule has 0 radical (unpaired) electrons. The summed E-state index contributed by atoms with van der Waals surface area (Å²) in [4.78, 5) is 0. The maximum Gasteiger partial charge on any atom is 0.118 e. The van der Waals surface area contributed by atoms with Gasteiger partial charge in [0, 0.05) is 12.1 Å². The van der Waals surface area contributed by atoms with Crippen molar-refractivity contribution >= 4 is 0 Å². The fourth-order valence-electron chi connectivity index (χ4n) is 2.66. The number of methoxy groups -OCH3 is 1. The van der Waals surface area contributed by atoms with Crippen LogP contribution < -0.4 is 10.1 Å². The Labute approximate surface area is 109 Å². The fraction of sp³-hybridized carbons (Fsp3) is 0.600. The van der Waals surface area contributed by atoms with E-state index in [4.69, 9.17) is 4.74 Å². The molecule has 100 valence electrons. The van der Waals surface area contributed by atoms with Gasteiger partial charge in [0.15, 0.2) is 0 Å². The highest BCUT2D eigenvalue weighted by Crippen LogP contribution is 2.24. The van der Waals surface area contributed by atoms with E-state index in [1.165, 1.54) is 12.8 Å². The van der Waals surface area contributed by atoms with Crippen molar-refractivity contribution in [1.82, 2.24) is 5.32 Å². The monoisotopic (exact) mass is 249 g/mol. The van der Waals surface area contributed by atoms with Gasteiger partial charge in [-0.2, -0.15) is 0 Å². The predicted molar refractivity (Wildman–Crippen MR) is 72.8 cm³/mol. The number of nitrogens with one attached hydrogen (secondary N) is 1. The summed E-state index contributed by atoms with van der Waals surface area (Å²) < 4.78 is 5.12. The smallest absolute Gasteiger partial charge is 0.118 e. The molecule has 1 saturated heterocycles. The summed E-state index contributed by atoms with van der Waals surface area (Å²) in [7, 11) is 1.65. The first kappa shape index (κ1) is 13.4. The molecule has 3 heteroatoms. The molecule has 2 rings (SSSR count). The third-order valence-electron chi connectivity index (χ3n) is 3.72. The van der Waals surface area contributed by atoms with Crippen LogP contribution in [-0.4, -0.2) is 24.3 Å². The SMILES string of the molecule is COc1ccc(C(O)CC2CCCC(C)N2)cc1. The molecule has 0 amide bonds. The zero-order valence-corrected chi connectivity index (χ0v) is 11.2. The van der Waals surface area contributed by atoms with E-state index in [2.05, 4.69) is 12.2 Å². The molecule has 0 saturated carbocycles. The summed E-state index contributed by atoms with van der Waals surface area (Å²) in [5.41, 5.74) is 0.968. The summed E-state index contributed by atoms with van der Waals surface area (Å²) in [5.74, 6) is 0.829. The van der Waals surface area contributed by atoms with E-state index in [9.17, 15) is 5.11 Å². The first-order chi connectivity index (χ1) is 8.69. The lowest BCUT2D eigenvalue weighted by molar-refractivity contribution is 0.139. The molecule has 1 fully saturated rings. The number of aliphatic hydroxyl groups excluding tert-OH is 1. The van der Waals surface area contributed by atoms with Crippen LogP contribution in [0.5, 0.6) is 5.75 Å².